The Kier molecular flexibility index (Phi) is 8.69. The topological polar surface area (TPSA) is 63.6 Å². The molecule has 172 valence electrons. The van der Waals surface area contributed by atoms with Gasteiger partial charge in [-0.25, -0.2) is 0 Å². The van der Waals surface area contributed by atoms with Crippen LogP contribution in [0.4, 0.5) is 0 Å². The van der Waals surface area contributed by atoms with E-state index in [4.69, 9.17) is 33.0 Å². The first-order valence-corrected chi connectivity index (χ1v) is 12.6. The van der Waals surface area contributed by atoms with E-state index in [-0.39, 0.29) is 17.6 Å². The highest BCUT2D eigenvalue weighted by molar-refractivity contribution is 6.45. The minimum absolute atomic E-state index is 0.194. The molecule has 0 radical (unpaired) electrons. The predicted octanol–water partition coefficient (Wildman–Crippen LogP) is 7.51. The lowest BCUT2D eigenvalue weighted by molar-refractivity contribution is -0.137. The van der Waals surface area contributed by atoms with E-state index in [0.717, 1.165) is 63.4 Å². The second-order valence-electron chi connectivity index (χ2n) is 9.19. The number of ether oxygens (including phenoxy) is 1. The number of fused-ring (bicyclic) bond motifs is 1. The zero-order valence-corrected chi connectivity index (χ0v) is 20.0. The Hall–Kier alpha value is -1.26. The monoisotopic (exact) mass is 468 g/mol. The minimum atomic E-state index is -0.752. The Bertz CT molecular complexity index is 801. The predicted molar refractivity (Wildman–Crippen MR) is 125 cm³/mol. The average Bonchev–Trinajstić information content (AvgIpc) is 3.36. The summed E-state index contributed by atoms with van der Waals surface area (Å²) in [6.45, 7) is 2.67. The van der Waals surface area contributed by atoms with Crippen LogP contribution in [0.15, 0.2) is 6.07 Å². The molecule has 1 aromatic carbocycles. The van der Waals surface area contributed by atoms with Crippen molar-refractivity contribution < 1.29 is 19.4 Å². The molecule has 0 heterocycles. The maximum Gasteiger partial charge on any atom is 0.303 e. The number of rotatable bonds is 12. The highest BCUT2D eigenvalue weighted by Crippen LogP contribution is 2.54. The second-order valence-corrected chi connectivity index (χ2v) is 9.95. The Morgan fingerprint density at radius 3 is 2.52 bits per heavy atom. The Balaban J connectivity index is 1.70. The lowest BCUT2D eigenvalue weighted by atomic mass is 9.68. The third-order valence-corrected chi connectivity index (χ3v) is 7.95. The zero-order chi connectivity index (χ0) is 22.4. The molecule has 4 nitrogen and oxygen atoms in total. The number of hydrogen-bond donors (Lipinski definition) is 1. The molecular weight excluding hydrogens is 435 g/mol. The number of ketones is 1. The van der Waals surface area contributed by atoms with Crippen LogP contribution in [0.25, 0.3) is 0 Å². The Labute approximate surface area is 195 Å². The van der Waals surface area contributed by atoms with Crippen LogP contribution in [0.3, 0.4) is 0 Å². The molecule has 1 saturated carbocycles. The first-order valence-electron chi connectivity index (χ1n) is 11.8. The third kappa shape index (κ3) is 5.39. The molecule has 1 fully saturated rings. The van der Waals surface area contributed by atoms with Crippen molar-refractivity contribution in [3.8, 4) is 5.75 Å². The molecule has 0 unspecified atom stereocenters. The fourth-order valence-corrected chi connectivity index (χ4v) is 5.94. The summed E-state index contributed by atoms with van der Waals surface area (Å²) in [5, 5.41) is 9.37. The number of benzene rings is 1. The van der Waals surface area contributed by atoms with Crippen molar-refractivity contribution in [1.29, 1.82) is 0 Å². The molecule has 3 rings (SSSR count). The number of carboxylic acids is 1. The average molecular weight is 469 g/mol. The van der Waals surface area contributed by atoms with Crippen molar-refractivity contribution in [2.24, 2.45) is 11.3 Å². The fourth-order valence-electron chi connectivity index (χ4n) is 5.43. The van der Waals surface area contributed by atoms with E-state index in [0.29, 0.717) is 40.3 Å². The second kappa shape index (κ2) is 11.0. The number of aliphatic carboxylic acids is 1. The minimum Gasteiger partial charge on any atom is -0.492 e. The van der Waals surface area contributed by atoms with Crippen LogP contribution in [0.5, 0.6) is 5.75 Å². The van der Waals surface area contributed by atoms with Crippen LogP contribution in [-0.2, 0) is 11.2 Å². The summed E-state index contributed by atoms with van der Waals surface area (Å²) < 4.78 is 5.94. The van der Waals surface area contributed by atoms with Crippen LogP contribution < -0.4 is 4.74 Å². The molecule has 0 bridgehead atoms. The van der Waals surface area contributed by atoms with Crippen molar-refractivity contribution in [3.63, 3.8) is 0 Å². The van der Waals surface area contributed by atoms with Gasteiger partial charge in [-0.3, -0.25) is 9.59 Å². The van der Waals surface area contributed by atoms with E-state index in [1.54, 1.807) is 0 Å². The first kappa shape index (κ1) is 24.4. The van der Waals surface area contributed by atoms with Gasteiger partial charge in [0.2, 0.25) is 0 Å². The molecule has 0 aromatic heterocycles. The Morgan fingerprint density at radius 1 is 1.13 bits per heavy atom. The molecular formula is C25H34Cl2O4. The molecule has 6 heteroatoms. The molecule has 0 amide bonds. The summed E-state index contributed by atoms with van der Waals surface area (Å²) >= 11 is 13.2. The summed E-state index contributed by atoms with van der Waals surface area (Å²) in [4.78, 5) is 24.2. The zero-order valence-electron chi connectivity index (χ0n) is 18.5. The van der Waals surface area contributed by atoms with E-state index in [2.05, 4.69) is 6.92 Å². The molecule has 1 aromatic rings. The van der Waals surface area contributed by atoms with Crippen molar-refractivity contribution in [3.05, 3.63) is 27.2 Å². The van der Waals surface area contributed by atoms with E-state index in [9.17, 15) is 9.59 Å². The molecule has 2 aliphatic carbocycles. The largest absolute Gasteiger partial charge is 0.492 e. The molecule has 0 spiro atoms. The van der Waals surface area contributed by atoms with Crippen LogP contribution in [0.1, 0.15) is 99.9 Å². The first-order chi connectivity index (χ1) is 14.9. The number of carbonyl (C=O) groups excluding carboxylic acids is 1. The van der Waals surface area contributed by atoms with Gasteiger partial charge in [0, 0.05) is 17.4 Å². The number of carboxylic acid groups (broad SMARTS) is 1. The number of carbonyl (C=O) groups is 2. The van der Waals surface area contributed by atoms with E-state index < -0.39 is 5.97 Å². The summed E-state index contributed by atoms with van der Waals surface area (Å²) in [5.74, 6) is 0.433. The van der Waals surface area contributed by atoms with Crippen LogP contribution in [0, 0.1) is 11.3 Å². The number of unbranched alkanes of at least 4 members (excludes halogenated alkanes) is 4. The van der Waals surface area contributed by atoms with Gasteiger partial charge in [-0.05, 0) is 56.1 Å². The normalized spacial score (nSPS) is 20.9. The maximum atomic E-state index is 13.7. The van der Waals surface area contributed by atoms with Gasteiger partial charge < -0.3 is 9.84 Å². The maximum absolute atomic E-state index is 13.7. The summed E-state index contributed by atoms with van der Waals surface area (Å²) in [7, 11) is 0. The van der Waals surface area contributed by atoms with Gasteiger partial charge in [0.1, 0.15) is 10.8 Å². The summed E-state index contributed by atoms with van der Waals surface area (Å²) in [6.07, 6.45) is 11.9. The SMILES string of the molecule is CCCC[C@@]1(C2CCCC2)Cc2cc(OCCCCCCC(=O)O)c(Cl)c(Cl)c2C1=O. The van der Waals surface area contributed by atoms with Gasteiger partial charge >= 0.3 is 5.97 Å². The van der Waals surface area contributed by atoms with Crippen LogP contribution in [-0.4, -0.2) is 23.5 Å². The van der Waals surface area contributed by atoms with Gasteiger partial charge in [0.05, 0.1) is 11.6 Å². The molecule has 31 heavy (non-hydrogen) atoms. The van der Waals surface area contributed by atoms with Gasteiger partial charge in [0.25, 0.3) is 0 Å². The van der Waals surface area contributed by atoms with E-state index in [1.165, 1.54) is 12.8 Å². The van der Waals surface area contributed by atoms with Crippen molar-refractivity contribution >= 4 is 35.0 Å². The number of hydrogen-bond acceptors (Lipinski definition) is 3. The smallest absolute Gasteiger partial charge is 0.303 e. The Morgan fingerprint density at radius 2 is 1.84 bits per heavy atom. The quantitative estimate of drug-likeness (QED) is 0.322. The lowest BCUT2D eigenvalue weighted by Crippen LogP contribution is -2.35. The number of halogens is 2. The van der Waals surface area contributed by atoms with Crippen LogP contribution >= 0.6 is 23.2 Å². The van der Waals surface area contributed by atoms with Gasteiger partial charge in [-0.1, -0.05) is 68.7 Å². The van der Waals surface area contributed by atoms with Crippen molar-refractivity contribution in [2.75, 3.05) is 6.61 Å². The van der Waals surface area contributed by atoms with E-state index in [1.807, 2.05) is 6.07 Å². The van der Waals surface area contributed by atoms with Gasteiger partial charge in [-0.2, -0.15) is 0 Å². The summed E-state index contributed by atoms with van der Waals surface area (Å²) in [6, 6.07) is 1.94. The molecule has 0 aliphatic heterocycles. The van der Waals surface area contributed by atoms with Crippen molar-refractivity contribution in [2.45, 2.75) is 90.4 Å². The lowest BCUT2D eigenvalue weighted by Gasteiger charge is -2.34. The van der Waals surface area contributed by atoms with E-state index >= 15 is 0 Å². The summed E-state index contributed by atoms with van der Waals surface area (Å²) in [5.41, 5.74) is 1.28. The van der Waals surface area contributed by atoms with Crippen LogP contribution in [0.2, 0.25) is 10.0 Å². The highest BCUT2D eigenvalue weighted by atomic mass is 35.5. The van der Waals surface area contributed by atoms with Gasteiger partial charge in [-0.15, -0.1) is 0 Å². The fraction of sp³-hybridized carbons (Fsp3) is 0.680. The molecule has 1 atom stereocenters. The van der Waals surface area contributed by atoms with Crippen molar-refractivity contribution in [1.82, 2.24) is 0 Å². The molecule has 1 N–H and O–H groups in total. The van der Waals surface area contributed by atoms with Gasteiger partial charge in [0.15, 0.2) is 5.78 Å². The third-order valence-electron chi connectivity index (χ3n) is 7.10. The standard InChI is InChI=1S/C25H34Cl2O4/c1-2-3-13-25(18-10-7-8-11-18)16-17-15-19(22(26)23(27)21(17)24(25)30)31-14-9-5-4-6-12-20(28)29/h15,18H,2-14,16H2,1H3,(H,28,29)/t25-/m0/s1. The number of Topliss-reactive ketones (excluding diaryl/α,β-unsaturated/α-hetero) is 1. The highest BCUT2D eigenvalue weighted by Gasteiger charge is 2.51. The molecule has 0 saturated heterocycles. The molecule has 2 aliphatic rings.